The topological polar surface area (TPSA) is 21.5 Å². The van der Waals surface area contributed by atoms with Crippen molar-refractivity contribution in [1.82, 2.24) is 0 Å². The van der Waals surface area contributed by atoms with Crippen molar-refractivity contribution in [2.24, 2.45) is 0 Å². The Morgan fingerprint density at radius 1 is 1.00 bits per heavy atom. The van der Waals surface area contributed by atoms with Crippen LogP contribution in [0, 0.1) is 0 Å². The lowest BCUT2D eigenvalue weighted by atomic mass is 9.86. The molecule has 0 radical (unpaired) electrons. The summed E-state index contributed by atoms with van der Waals surface area (Å²) in [7, 11) is 4.04. The number of Topliss-reactive ketones (excluding diaryl/α,β-unsaturated/α-hetero) is 1. The van der Waals surface area contributed by atoms with Gasteiger partial charge in [-0.1, -0.05) is 66.7 Å². The van der Waals surface area contributed by atoms with E-state index in [0.717, 1.165) is 16.0 Å². The first-order chi connectivity index (χ1) is 10.1. The van der Waals surface area contributed by atoms with E-state index in [-0.39, 0.29) is 17.7 Å². The molecular formula is C19H22NO+. The number of hydrogen-bond acceptors (Lipinski definition) is 1. The van der Waals surface area contributed by atoms with E-state index < -0.39 is 0 Å². The van der Waals surface area contributed by atoms with Gasteiger partial charge in [-0.25, -0.2) is 0 Å². The molecule has 0 bridgehead atoms. The van der Waals surface area contributed by atoms with E-state index in [4.69, 9.17) is 0 Å². The monoisotopic (exact) mass is 280 g/mol. The summed E-state index contributed by atoms with van der Waals surface area (Å²) in [5.41, 5.74) is 1.88. The maximum atomic E-state index is 12.9. The number of ketones is 1. The van der Waals surface area contributed by atoms with Crippen LogP contribution < -0.4 is 4.90 Å². The van der Waals surface area contributed by atoms with Crippen LogP contribution in [0.25, 0.3) is 0 Å². The third-order valence-corrected chi connectivity index (χ3v) is 3.76. The van der Waals surface area contributed by atoms with Crippen molar-refractivity contribution >= 4 is 5.78 Å². The molecule has 2 unspecified atom stereocenters. The molecule has 0 aromatic heterocycles. The van der Waals surface area contributed by atoms with Gasteiger partial charge < -0.3 is 4.90 Å². The first-order valence-corrected chi connectivity index (χ1v) is 7.22. The number of quaternary nitrogens is 1. The van der Waals surface area contributed by atoms with Gasteiger partial charge in [-0.15, -0.1) is 6.58 Å². The zero-order valence-corrected chi connectivity index (χ0v) is 12.6. The van der Waals surface area contributed by atoms with Crippen molar-refractivity contribution < 1.29 is 9.69 Å². The molecule has 0 heterocycles. The van der Waals surface area contributed by atoms with E-state index in [0.29, 0.717) is 0 Å². The molecule has 2 nitrogen and oxygen atoms in total. The fraction of sp³-hybridized carbons (Fsp3) is 0.211. The van der Waals surface area contributed by atoms with Crippen LogP contribution in [0.15, 0.2) is 73.3 Å². The average molecular weight is 280 g/mol. The minimum atomic E-state index is -0.174. The normalized spacial score (nSPS) is 13.7. The predicted molar refractivity (Wildman–Crippen MR) is 86.8 cm³/mol. The molecule has 0 saturated heterocycles. The molecule has 108 valence electrons. The third kappa shape index (κ3) is 3.47. The van der Waals surface area contributed by atoms with Gasteiger partial charge in [0.25, 0.3) is 0 Å². The van der Waals surface area contributed by atoms with Crippen LogP contribution in [0.2, 0.25) is 0 Å². The summed E-state index contributed by atoms with van der Waals surface area (Å²) in [4.78, 5) is 14.0. The van der Waals surface area contributed by atoms with E-state index in [1.165, 1.54) is 0 Å². The van der Waals surface area contributed by atoms with Crippen LogP contribution in [-0.2, 0) is 0 Å². The maximum absolute atomic E-state index is 12.9. The Morgan fingerprint density at radius 3 is 2.00 bits per heavy atom. The summed E-state index contributed by atoms with van der Waals surface area (Å²) in [5.74, 6) is 0.160. The molecule has 0 saturated carbocycles. The minimum Gasteiger partial charge on any atom is -0.330 e. The summed E-state index contributed by atoms with van der Waals surface area (Å²) in [6.45, 7) is 3.95. The second kappa shape index (κ2) is 7.00. The Bertz CT molecular complexity index is 589. The van der Waals surface area contributed by atoms with Gasteiger partial charge in [0.15, 0.2) is 6.04 Å². The second-order valence-corrected chi connectivity index (χ2v) is 5.46. The van der Waals surface area contributed by atoms with E-state index in [2.05, 4.69) is 18.7 Å². The van der Waals surface area contributed by atoms with E-state index in [1.807, 2.05) is 68.7 Å². The molecule has 2 aromatic carbocycles. The fourth-order valence-corrected chi connectivity index (χ4v) is 2.71. The fourth-order valence-electron chi connectivity index (χ4n) is 2.71. The maximum Gasteiger partial charge on any atom is 0.220 e. The highest BCUT2D eigenvalue weighted by Gasteiger charge is 2.33. The second-order valence-electron chi connectivity index (χ2n) is 5.46. The molecule has 0 spiro atoms. The molecular weight excluding hydrogens is 258 g/mol. The average Bonchev–Trinajstić information content (AvgIpc) is 2.53. The summed E-state index contributed by atoms with van der Waals surface area (Å²) in [6.07, 6.45) is 1.88. The van der Waals surface area contributed by atoms with Crippen LogP contribution in [0.4, 0.5) is 0 Å². The molecule has 2 heteroatoms. The van der Waals surface area contributed by atoms with Gasteiger partial charge in [-0.3, -0.25) is 4.79 Å². The smallest absolute Gasteiger partial charge is 0.220 e. The van der Waals surface area contributed by atoms with Crippen LogP contribution in [-0.4, -0.2) is 25.9 Å². The van der Waals surface area contributed by atoms with Crippen LogP contribution in [0.5, 0.6) is 0 Å². The molecule has 0 aliphatic heterocycles. The van der Waals surface area contributed by atoms with E-state index >= 15 is 0 Å². The Hall–Kier alpha value is -2.19. The summed E-state index contributed by atoms with van der Waals surface area (Å²) >= 11 is 0. The van der Waals surface area contributed by atoms with Crippen LogP contribution in [0.1, 0.15) is 21.8 Å². The summed E-state index contributed by atoms with van der Waals surface area (Å²) in [5, 5.41) is 0. The Labute approximate surface area is 126 Å². The molecule has 1 N–H and O–H groups in total. The van der Waals surface area contributed by atoms with Gasteiger partial charge in [0.1, 0.15) is 0 Å². The van der Waals surface area contributed by atoms with E-state index in [9.17, 15) is 4.79 Å². The van der Waals surface area contributed by atoms with Crippen molar-refractivity contribution in [1.29, 1.82) is 0 Å². The van der Waals surface area contributed by atoms with Gasteiger partial charge in [0.05, 0.1) is 20.0 Å². The number of likely N-dealkylation sites (N-methyl/N-ethyl adjacent to an activating group) is 1. The lowest BCUT2D eigenvalue weighted by Gasteiger charge is -2.27. The highest BCUT2D eigenvalue weighted by atomic mass is 16.1. The number of rotatable bonds is 6. The quantitative estimate of drug-likeness (QED) is 0.636. The lowest BCUT2D eigenvalue weighted by molar-refractivity contribution is -0.875. The minimum absolute atomic E-state index is 0.00362. The number of carbonyl (C=O) groups excluding carboxylic acids is 1. The van der Waals surface area contributed by atoms with Crippen LogP contribution >= 0.6 is 0 Å². The molecule has 0 aliphatic rings. The summed E-state index contributed by atoms with van der Waals surface area (Å²) < 4.78 is 0. The zero-order valence-electron chi connectivity index (χ0n) is 12.6. The Balaban J connectivity index is 2.38. The van der Waals surface area contributed by atoms with Gasteiger partial charge in [-0.05, 0) is 5.56 Å². The zero-order chi connectivity index (χ0) is 15.2. The molecule has 0 fully saturated rings. The molecule has 2 atom stereocenters. The largest absolute Gasteiger partial charge is 0.330 e. The van der Waals surface area contributed by atoms with E-state index in [1.54, 1.807) is 0 Å². The van der Waals surface area contributed by atoms with Gasteiger partial charge in [0, 0.05) is 5.56 Å². The third-order valence-electron chi connectivity index (χ3n) is 3.76. The Kier molecular flexibility index (Phi) is 5.07. The first-order valence-electron chi connectivity index (χ1n) is 7.22. The van der Waals surface area contributed by atoms with Gasteiger partial charge in [-0.2, -0.15) is 0 Å². The standard InChI is InChI=1S/C19H21NO/c1-4-17(15-11-7-5-8-12-15)18(20(2)3)19(21)16-13-9-6-10-14-16/h4-14,17-18H,1H2,2-3H3/p+1. The van der Waals surface area contributed by atoms with Gasteiger partial charge in [0.2, 0.25) is 5.78 Å². The number of nitrogens with one attached hydrogen (secondary N) is 1. The van der Waals surface area contributed by atoms with Crippen molar-refractivity contribution in [3.05, 3.63) is 84.4 Å². The Morgan fingerprint density at radius 2 is 1.52 bits per heavy atom. The SMILES string of the molecule is C=CC(c1ccccc1)C(C(=O)c1ccccc1)[NH+](C)C. The molecule has 2 rings (SSSR count). The first kappa shape index (κ1) is 15.2. The molecule has 21 heavy (non-hydrogen) atoms. The number of benzene rings is 2. The highest BCUT2D eigenvalue weighted by Crippen LogP contribution is 2.22. The van der Waals surface area contributed by atoms with Crippen LogP contribution in [0.3, 0.4) is 0 Å². The van der Waals surface area contributed by atoms with Crippen molar-refractivity contribution in [3.63, 3.8) is 0 Å². The number of hydrogen-bond donors (Lipinski definition) is 1. The van der Waals surface area contributed by atoms with Crippen molar-refractivity contribution in [2.75, 3.05) is 14.1 Å². The summed E-state index contributed by atoms with van der Waals surface area (Å²) in [6, 6.07) is 19.4. The van der Waals surface area contributed by atoms with Gasteiger partial charge >= 0.3 is 0 Å². The molecule has 0 aliphatic carbocycles. The molecule has 2 aromatic rings. The van der Waals surface area contributed by atoms with Crippen molar-refractivity contribution in [2.45, 2.75) is 12.0 Å². The molecule has 0 amide bonds. The highest BCUT2D eigenvalue weighted by molar-refractivity contribution is 6.00. The number of carbonyl (C=O) groups is 1. The predicted octanol–water partition coefficient (Wildman–Crippen LogP) is 2.35. The lowest BCUT2D eigenvalue weighted by Crippen LogP contribution is -3.11. The van der Waals surface area contributed by atoms with Crippen molar-refractivity contribution in [3.8, 4) is 0 Å².